The van der Waals surface area contributed by atoms with Crippen LogP contribution in [0.4, 0.5) is 9.39 Å². The third-order valence-electron chi connectivity index (χ3n) is 2.35. The van der Waals surface area contributed by atoms with Crippen LogP contribution in [0.15, 0.2) is 22.7 Å². The summed E-state index contributed by atoms with van der Waals surface area (Å²) in [7, 11) is 0. The summed E-state index contributed by atoms with van der Waals surface area (Å²) >= 11 is 4.86. The molecule has 0 saturated carbocycles. The van der Waals surface area contributed by atoms with Crippen molar-refractivity contribution in [1.82, 2.24) is 4.98 Å². The molecular formula is C12H12BrFN2S. The van der Waals surface area contributed by atoms with Crippen molar-refractivity contribution < 1.29 is 4.39 Å². The number of anilines is 1. The number of thiazole rings is 1. The van der Waals surface area contributed by atoms with Gasteiger partial charge in [0.25, 0.3) is 0 Å². The maximum Gasteiger partial charge on any atom is 0.123 e. The van der Waals surface area contributed by atoms with Gasteiger partial charge >= 0.3 is 0 Å². The highest BCUT2D eigenvalue weighted by Gasteiger charge is 2.13. The summed E-state index contributed by atoms with van der Waals surface area (Å²) in [4.78, 5) is 4.47. The summed E-state index contributed by atoms with van der Waals surface area (Å²) in [6.07, 6.45) is 1.93. The summed E-state index contributed by atoms with van der Waals surface area (Å²) in [5.41, 5.74) is 7.32. The highest BCUT2D eigenvalue weighted by molar-refractivity contribution is 9.10. The molecule has 2 nitrogen and oxygen atoms in total. The van der Waals surface area contributed by atoms with Gasteiger partial charge < -0.3 is 5.73 Å². The van der Waals surface area contributed by atoms with E-state index in [4.69, 9.17) is 5.73 Å². The molecule has 0 aliphatic carbocycles. The lowest BCUT2D eigenvalue weighted by Gasteiger charge is -2.02. The summed E-state index contributed by atoms with van der Waals surface area (Å²) in [6, 6.07) is 4.53. The molecular weight excluding hydrogens is 303 g/mol. The maximum absolute atomic E-state index is 13.2. The predicted molar refractivity (Wildman–Crippen MR) is 73.6 cm³/mol. The van der Waals surface area contributed by atoms with Gasteiger partial charge in [0.05, 0.1) is 5.01 Å². The van der Waals surface area contributed by atoms with Gasteiger partial charge in [0.1, 0.15) is 16.5 Å². The van der Waals surface area contributed by atoms with E-state index in [-0.39, 0.29) is 5.82 Å². The molecule has 0 bridgehead atoms. The zero-order chi connectivity index (χ0) is 12.4. The fraction of sp³-hybridized carbons (Fsp3) is 0.250. The second kappa shape index (κ2) is 5.14. The minimum Gasteiger partial charge on any atom is -0.389 e. The molecule has 5 heteroatoms. The first-order valence-electron chi connectivity index (χ1n) is 5.32. The van der Waals surface area contributed by atoms with Gasteiger partial charge in [-0.15, -0.1) is 11.3 Å². The van der Waals surface area contributed by atoms with Gasteiger partial charge in [-0.25, -0.2) is 9.37 Å². The lowest BCUT2D eigenvalue weighted by molar-refractivity contribution is 0.628. The lowest BCUT2D eigenvalue weighted by atomic mass is 10.1. The first-order valence-corrected chi connectivity index (χ1v) is 6.93. The van der Waals surface area contributed by atoms with E-state index in [0.717, 1.165) is 22.3 Å². The Morgan fingerprint density at radius 3 is 2.94 bits per heavy atom. The van der Waals surface area contributed by atoms with E-state index >= 15 is 0 Å². The van der Waals surface area contributed by atoms with Gasteiger partial charge in [0, 0.05) is 10.0 Å². The summed E-state index contributed by atoms with van der Waals surface area (Å²) in [5, 5.41) is 1.64. The van der Waals surface area contributed by atoms with Crippen LogP contribution >= 0.6 is 27.3 Å². The molecule has 0 aliphatic heterocycles. The van der Waals surface area contributed by atoms with Crippen LogP contribution in [-0.2, 0) is 6.42 Å². The molecule has 0 unspecified atom stereocenters. The molecule has 2 aromatic rings. The van der Waals surface area contributed by atoms with Crippen LogP contribution in [0, 0.1) is 5.82 Å². The van der Waals surface area contributed by atoms with Crippen LogP contribution in [0.1, 0.15) is 18.4 Å². The first-order chi connectivity index (χ1) is 8.11. The van der Waals surface area contributed by atoms with E-state index in [2.05, 4.69) is 27.8 Å². The number of hydrogen-bond donors (Lipinski definition) is 1. The number of halogens is 2. The smallest absolute Gasteiger partial charge is 0.123 e. The standard InChI is InChI=1S/C12H12BrFN2S/c1-2-3-10-16-11(12(15)17-10)8-6-7(14)4-5-9(8)13/h4-6H,2-3,15H2,1H3. The van der Waals surface area contributed by atoms with Crippen molar-refractivity contribution in [3.63, 3.8) is 0 Å². The number of nitrogens with zero attached hydrogens (tertiary/aromatic N) is 1. The van der Waals surface area contributed by atoms with E-state index in [9.17, 15) is 4.39 Å². The van der Waals surface area contributed by atoms with E-state index in [1.165, 1.54) is 23.5 Å². The Balaban J connectivity index is 2.48. The van der Waals surface area contributed by atoms with Gasteiger partial charge in [-0.05, 0) is 31.0 Å². The highest BCUT2D eigenvalue weighted by atomic mass is 79.9. The number of nitrogens with two attached hydrogens (primary N) is 1. The average molecular weight is 315 g/mol. The zero-order valence-electron chi connectivity index (χ0n) is 9.34. The molecule has 2 rings (SSSR count). The average Bonchev–Trinajstić information content (AvgIpc) is 2.64. The van der Waals surface area contributed by atoms with Crippen LogP contribution in [-0.4, -0.2) is 4.98 Å². The number of aryl methyl sites for hydroxylation is 1. The normalized spacial score (nSPS) is 10.8. The molecule has 17 heavy (non-hydrogen) atoms. The molecule has 0 radical (unpaired) electrons. The van der Waals surface area contributed by atoms with Gasteiger partial charge in [0.15, 0.2) is 0 Å². The molecule has 0 atom stereocenters. The van der Waals surface area contributed by atoms with Crippen LogP contribution in [0.5, 0.6) is 0 Å². The van der Waals surface area contributed by atoms with Gasteiger partial charge in [0.2, 0.25) is 0 Å². The lowest BCUT2D eigenvalue weighted by Crippen LogP contribution is -1.89. The Labute approximate surface area is 112 Å². The Hall–Kier alpha value is -0.940. The zero-order valence-corrected chi connectivity index (χ0v) is 11.7. The number of nitrogen functional groups attached to an aromatic ring is 1. The van der Waals surface area contributed by atoms with Crippen molar-refractivity contribution in [3.05, 3.63) is 33.5 Å². The molecule has 0 saturated heterocycles. The van der Waals surface area contributed by atoms with Crippen LogP contribution in [0.25, 0.3) is 11.3 Å². The van der Waals surface area contributed by atoms with Crippen molar-refractivity contribution in [2.75, 3.05) is 5.73 Å². The minimum absolute atomic E-state index is 0.285. The molecule has 0 aliphatic rings. The van der Waals surface area contributed by atoms with E-state index in [1.54, 1.807) is 6.07 Å². The largest absolute Gasteiger partial charge is 0.389 e. The van der Waals surface area contributed by atoms with Crippen molar-refractivity contribution >= 4 is 32.3 Å². The highest BCUT2D eigenvalue weighted by Crippen LogP contribution is 2.35. The molecule has 0 fully saturated rings. The topological polar surface area (TPSA) is 38.9 Å². The molecule has 2 N–H and O–H groups in total. The second-order valence-corrected chi connectivity index (χ2v) is 5.66. The number of aromatic nitrogens is 1. The molecule has 90 valence electrons. The number of hydrogen-bond acceptors (Lipinski definition) is 3. The maximum atomic E-state index is 13.2. The summed E-state index contributed by atoms with van der Waals surface area (Å²) in [6.45, 7) is 2.09. The van der Waals surface area contributed by atoms with Crippen LogP contribution < -0.4 is 5.73 Å². The van der Waals surface area contributed by atoms with E-state index < -0.39 is 0 Å². The fourth-order valence-corrected chi connectivity index (χ4v) is 2.95. The molecule has 0 amide bonds. The van der Waals surface area contributed by atoms with Crippen LogP contribution in [0.3, 0.4) is 0 Å². The number of benzene rings is 1. The van der Waals surface area contributed by atoms with Gasteiger partial charge in [-0.2, -0.15) is 0 Å². The molecule has 0 spiro atoms. The van der Waals surface area contributed by atoms with E-state index in [1.807, 2.05) is 0 Å². The van der Waals surface area contributed by atoms with Crippen molar-refractivity contribution in [2.45, 2.75) is 19.8 Å². The fourth-order valence-electron chi connectivity index (χ4n) is 1.57. The third-order valence-corrected chi connectivity index (χ3v) is 3.98. The van der Waals surface area contributed by atoms with Crippen molar-refractivity contribution in [3.8, 4) is 11.3 Å². The van der Waals surface area contributed by atoms with E-state index in [0.29, 0.717) is 16.3 Å². The summed E-state index contributed by atoms with van der Waals surface area (Å²) in [5.74, 6) is -0.285. The Morgan fingerprint density at radius 1 is 1.47 bits per heavy atom. The van der Waals surface area contributed by atoms with Crippen molar-refractivity contribution in [1.29, 1.82) is 0 Å². The van der Waals surface area contributed by atoms with Gasteiger partial charge in [-0.1, -0.05) is 22.9 Å². The molecule has 1 heterocycles. The minimum atomic E-state index is -0.285. The van der Waals surface area contributed by atoms with Gasteiger partial charge in [-0.3, -0.25) is 0 Å². The van der Waals surface area contributed by atoms with Crippen molar-refractivity contribution in [2.24, 2.45) is 0 Å². The quantitative estimate of drug-likeness (QED) is 0.920. The van der Waals surface area contributed by atoms with Crippen LogP contribution in [0.2, 0.25) is 0 Å². The Bertz CT molecular complexity index is 539. The second-order valence-electron chi connectivity index (χ2n) is 3.69. The molecule has 1 aromatic heterocycles. The predicted octanol–water partition coefficient (Wildman–Crippen LogP) is 4.25. The monoisotopic (exact) mass is 314 g/mol. The third kappa shape index (κ3) is 2.66. The first kappa shape index (κ1) is 12.5. The Kier molecular flexibility index (Phi) is 3.79. The molecule has 1 aromatic carbocycles. The summed E-state index contributed by atoms with van der Waals surface area (Å²) < 4.78 is 14.0. The number of rotatable bonds is 3. The SMILES string of the molecule is CCCc1nc(-c2cc(F)ccc2Br)c(N)s1. The Morgan fingerprint density at radius 2 is 2.24 bits per heavy atom.